The van der Waals surface area contributed by atoms with Gasteiger partial charge in [0.05, 0.1) is 24.7 Å². The number of nitrogens with zero attached hydrogens (tertiary/aromatic N) is 2. The minimum atomic E-state index is -0.125. The van der Waals surface area contributed by atoms with Crippen molar-refractivity contribution in [3.05, 3.63) is 76.8 Å². The largest absolute Gasteiger partial charge is 0.493 e. The molecule has 1 N–H and O–H groups in total. The van der Waals surface area contributed by atoms with Crippen molar-refractivity contribution in [1.82, 2.24) is 4.98 Å². The van der Waals surface area contributed by atoms with Crippen molar-refractivity contribution in [2.24, 2.45) is 0 Å². The Hall–Kier alpha value is -3.17. The maximum absolute atomic E-state index is 12.0. The molecule has 0 radical (unpaired) electrons. The van der Waals surface area contributed by atoms with E-state index in [9.17, 15) is 4.79 Å². The molecule has 0 saturated carbocycles. The quantitative estimate of drug-likeness (QED) is 0.688. The fourth-order valence-electron chi connectivity index (χ4n) is 2.31. The first-order valence-corrected chi connectivity index (χ1v) is 8.96. The molecule has 6 heteroatoms. The molecule has 0 aliphatic rings. The average molecular weight is 363 g/mol. The molecular weight excluding hydrogens is 346 g/mol. The molecule has 0 fully saturated rings. The number of benzene rings is 2. The summed E-state index contributed by atoms with van der Waals surface area (Å²) in [5.41, 5.74) is 1.74. The molecule has 0 spiro atoms. The lowest BCUT2D eigenvalue weighted by atomic mass is 10.1. The van der Waals surface area contributed by atoms with Crippen LogP contribution in [0, 0.1) is 11.3 Å². The van der Waals surface area contributed by atoms with E-state index in [4.69, 9.17) is 10.00 Å². The average Bonchev–Trinajstić information content (AvgIpc) is 3.10. The van der Waals surface area contributed by atoms with Gasteiger partial charge in [-0.3, -0.25) is 4.79 Å². The van der Waals surface area contributed by atoms with Crippen LogP contribution in [0.2, 0.25) is 0 Å². The highest BCUT2D eigenvalue weighted by molar-refractivity contribution is 7.15. The zero-order chi connectivity index (χ0) is 18.2. The zero-order valence-corrected chi connectivity index (χ0v) is 14.8. The van der Waals surface area contributed by atoms with E-state index in [1.807, 2.05) is 42.5 Å². The highest BCUT2D eigenvalue weighted by atomic mass is 32.1. The number of carbonyl (C=O) groups excluding carboxylic acids is 1. The first-order chi connectivity index (χ1) is 12.7. The molecule has 1 amide bonds. The standard InChI is InChI=1S/C20H17N3O2S/c21-13-16-8-6-15(7-9-16)12-18-14-22-20(26-18)23-19(24)10-11-25-17-4-2-1-3-5-17/h1-9,14H,10-12H2,(H,22,23,24). The minimum Gasteiger partial charge on any atom is -0.493 e. The van der Waals surface area contributed by atoms with Gasteiger partial charge in [0.25, 0.3) is 0 Å². The number of hydrogen-bond acceptors (Lipinski definition) is 5. The van der Waals surface area contributed by atoms with Gasteiger partial charge < -0.3 is 10.1 Å². The van der Waals surface area contributed by atoms with Crippen LogP contribution in [0.15, 0.2) is 60.8 Å². The molecule has 0 unspecified atom stereocenters. The van der Waals surface area contributed by atoms with Crippen LogP contribution in [0.1, 0.15) is 22.4 Å². The van der Waals surface area contributed by atoms with Crippen molar-refractivity contribution >= 4 is 22.4 Å². The highest BCUT2D eigenvalue weighted by Crippen LogP contribution is 2.21. The van der Waals surface area contributed by atoms with Crippen LogP contribution >= 0.6 is 11.3 Å². The number of carbonyl (C=O) groups is 1. The summed E-state index contributed by atoms with van der Waals surface area (Å²) in [7, 11) is 0. The second-order valence-corrected chi connectivity index (χ2v) is 6.69. The molecule has 0 aliphatic heterocycles. The molecule has 26 heavy (non-hydrogen) atoms. The van der Waals surface area contributed by atoms with Gasteiger partial charge in [-0.2, -0.15) is 5.26 Å². The van der Waals surface area contributed by atoms with Gasteiger partial charge in [-0.15, -0.1) is 11.3 Å². The zero-order valence-electron chi connectivity index (χ0n) is 14.0. The molecule has 0 aliphatic carbocycles. The van der Waals surface area contributed by atoms with Crippen LogP contribution in [-0.2, 0) is 11.2 Å². The molecule has 130 valence electrons. The summed E-state index contributed by atoms with van der Waals surface area (Å²) in [6.45, 7) is 0.319. The van der Waals surface area contributed by atoms with Crippen molar-refractivity contribution in [2.45, 2.75) is 12.8 Å². The Morgan fingerprint density at radius 2 is 1.92 bits per heavy atom. The van der Waals surface area contributed by atoms with E-state index in [0.717, 1.165) is 22.6 Å². The van der Waals surface area contributed by atoms with Crippen molar-refractivity contribution in [3.63, 3.8) is 0 Å². The number of nitrogens with one attached hydrogen (secondary N) is 1. The van der Waals surface area contributed by atoms with Gasteiger partial charge in [-0.25, -0.2) is 4.98 Å². The van der Waals surface area contributed by atoms with E-state index in [0.29, 0.717) is 17.3 Å². The second-order valence-electron chi connectivity index (χ2n) is 5.58. The summed E-state index contributed by atoms with van der Waals surface area (Å²) >= 11 is 1.45. The maximum atomic E-state index is 12.0. The third kappa shape index (κ3) is 5.16. The van der Waals surface area contributed by atoms with Gasteiger partial charge in [0.15, 0.2) is 5.13 Å². The van der Waals surface area contributed by atoms with E-state index in [2.05, 4.69) is 16.4 Å². The van der Waals surface area contributed by atoms with Gasteiger partial charge in [0.1, 0.15) is 5.75 Å². The number of nitriles is 1. The molecule has 1 aromatic heterocycles. The third-order valence-electron chi connectivity index (χ3n) is 3.60. The van der Waals surface area contributed by atoms with Crippen LogP contribution in [0.5, 0.6) is 5.75 Å². The summed E-state index contributed by atoms with van der Waals surface area (Å²) < 4.78 is 5.52. The number of rotatable bonds is 7. The fraction of sp³-hybridized carbons (Fsp3) is 0.150. The fourth-order valence-corrected chi connectivity index (χ4v) is 3.17. The minimum absolute atomic E-state index is 0.125. The topological polar surface area (TPSA) is 75.0 Å². The Morgan fingerprint density at radius 3 is 2.65 bits per heavy atom. The Balaban J connectivity index is 1.46. The van der Waals surface area contributed by atoms with Crippen molar-refractivity contribution in [2.75, 3.05) is 11.9 Å². The van der Waals surface area contributed by atoms with Gasteiger partial charge in [0.2, 0.25) is 5.91 Å². The van der Waals surface area contributed by atoms with Crippen LogP contribution in [0.4, 0.5) is 5.13 Å². The number of thiazole rings is 1. The van der Waals surface area contributed by atoms with Gasteiger partial charge >= 0.3 is 0 Å². The van der Waals surface area contributed by atoms with Crippen molar-refractivity contribution < 1.29 is 9.53 Å². The summed E-state index contributed by atoms with van der Waals surface area (Å²) in [4.78, 5) is 17.3. The molecule has 2 aromatic carbocycles. The Bertz CT molecular complexity index is 899. The van der Waals surface area contributed by atoms with Gasteiger partial charge in [-0.05, 0) is 29.8 Å². The van der Waals surface area contributed by atoms with E-state index in [1.165, 1.54) is 11.3 Å². The Kier molecular flexibility index (Phi) is 5.96. The third-order valence-corrected chi connectivity index (χ3v) is 4.52. The monoisotopic (exact) mass is 363 g/mol. The smallest absolute Gasteiger partial charge is 0.229 e. The number of hydrogen-bond donors (Lipinski definition) is 1. The SMILES string of the molecule is N#Cc1ccc(Cc2cnc(NC(=O)CCOc3ccccc3)s2)cc1. The van der Waals surface area contributed by atoms with Gasteiger partial charge in [0, 0.05) is 17.5 Å². The number of aromatic nitrogens is 1. The lowest BCUT2D eigenvalue weighted by Gasteiger charge is -2.05. The van der Waals surface area contributed by atoms with Crippen LogP contribution in [0.3, 0.4) is 0 Å². The number of amides is 1. The van der Waals surface area contributed by atoms with Gasteiger partial charge in [-0.1, -0.05) is 30.3 Å². The van der Waals surface area contributed by atoms with Crippen molar-refractivity contribution in [1.29, 1.82) is 5.26 Å². The molecule has 3 aromatic rings. The van der Waals surface area contributed by atoms with E-state index in [1.54, 1.807) is 18.3 Å². The number of para-hydroxylation sites is 1. The predicted octanol–water partition coefficient (Wildman–Crippen LogP) is 4.01. The number of anilines is 1. The second kappa shape index (κ2) is 8.79. The molecule has 3 rings (SSSR count). The summed E-state index contributed by atoms with van der Waals surface area (Å²) in [6, 6.07) is 19.0. The summed E-state index contributed by atoms with van der Waals surface area (Å²) in [5, 5.41) is 12.2. The van der Waals surface area contributed by atoms with Crippen LogP contribution in [-0.4, -0.2) is 17.5 Å². The summed E-state index contributed by atoms with van der Waals surface area (Å²) in [5.74, 6) is 0.624. The molecule has 0 atom stereocenters. The van der Waals surface area contributed by atoms with E-state index < -0.39 is 0 Å². The first-order valence-electron chi connectivity index (χ1n) is 8.14. The van der Waals surface area contributed by atoms with E-state index >= 15 is 0 Å². The Labute approximate surface area is 155 Å². The molecular formula is C20H17N3O2S. The summed E-state index contributed by atoms with van der Waals surface area (Å²) in [6.07, 6.45) is 2.74. The van der Waals surface area contributed by atoms with Crippen molar-refractivity contribution in [3.8, 4) is 11.8 Å². The lowest BCUT2D eigenvalue weighted by Crippen LogP contribution is -2.14. The first kappa shape index (κ1) is 17.6. The maximum Gasteiger partial charge on any atom is 0.229 e. The number of ether oxygens (including phenoxy) is 1. The van der Waals surface area contributed by atoms with Crippen LogP contribution < -0.4 is 10.1 Å². The molecule has 0 bridgehead atoms. The Morgan fingerprint density at radius 1 is 1.15 bits per heavy atom. The molecule has 0 saturated heterocycles. The lowest BCUT2D eigenvalue weighted by molar-refractivity contribution is -0.116. The normalized spacial score (nSPS) is 10.1. The molecule has 5 nitrogen and oxygen atoms in total. The molecule has 1 heterocycles. The van der Waals surface area contributed by atoms with E-state index in [-0.39, 0.29) is 12.3 Å². The predicted molar refractivity (Wildman–Crippen MR) is 101 cm³/mol. The highest BCUT2D eigenvalue weighted by Gasteiger charge is 2.08. The van der Waals surface area contributed by atoms with Crippen LogP contribution in [0.25, 0.3) is 0 Å².